The first-order valence-electron chi connectivity index (χ1n) is 5.28. The van der Waals surface area contributed by atoms with E-state index in [9.17, 15) is 0 Å². The molecule has 0 aromatic carbocycles. The van der Waals surface area contributed by atoms with Crippen LogP contribution in [0.3, 0.4) is 0 Å². The summed E-state index contributed by atoms with van der Waals surface area (Å²) in [6.07, 6.45) is 4.25. The number of hydrogen-bond donors (Lipinski definition) is 2. The van der Waals surface area contributed by atoms with Crippen molar-refractivity contribution in [2.75, 3.05) is 0 Å². The van der Waals surface area contributed by atoms with E-state index in [1.807, 2.05) is 22.9 Å². The van der Waals surface area contributed by atoms with Gasteiger partial charge in [-0.3, -0.25) is 0 Å². The molecule has 0 amide bonds. The Balaban J connectivity index is 2.58. The van der Waals surface area contributed by atoms with Gasteiger partial charge >= 0.3 is 0 Å². The topological polar surface area (TPSA) is 63.5 Å². The van der Waals surface area contributed by atoms with E-state index in [4.69, 9.17) is 10.9 Å². The predicted molar refractivity (Wildman–Crippen MR) is 61.0 cm³/mol. The summed E-state index contributed by atoms with van der Waals surface area (Å²) in [5.74, 6) is 0.886. The maximum atomic E-state index is 8.59. The highest BCUT2D eigenvalue weighted by Gasteiger charge is 2.05. The van der Waals surface area contributed by atoms with E-state index in [0.29, 0.717) is 5.92 Å². The monoisotopic (exact) mass is 209 g/mol. The van der Waals surface area contributed by atoms with Crippen LogP contribution in [0.1, 0.15) is 32.4 Å². The van der Waals surface area contributed by atoms with Crippen molar-refractivity contribution in [2.24, 2.45) is 16.8 Å². The Morgan fingerprint density at radius 1 is 1.60 bits per heavy atom. The quantitative estimate of drug-likeness (QED) is 0.337. The number of rotatable bonds is 5. The second-order valence-corrected chi connectivity index (χ2v) is 4.11. The fourth-order valence-corrected chi connectivity index (χ4v) is 1.56. The normalized spacial score (nSPS) is 12.3. The molecule has 3 N–H and O–H groups in total. The Morgan fingerprint density at radius 3 is 2.93 bits per heavy atom. The van der Waals surface area contributed by atoms with Crippen molar-refractivity contribution in [3.63, 3.8) is 0 Å². The van der Waals surface area contributed by atoms with Gasteiger partial charge in [0.05, 0.1) is 5.69 Å². The molecule has 1 aromatic rings. The van der Waals surface area contributed by atoms with Crippen molar-refractivity contribution in [2.45, 2.75) is 33.2 Å². The lowest BCUT2D eigenvalue weighted by Gasteiger charge is -2.09. The molecule has 0 radical (unpaired) electrons. The highest BCUT2D eigenvalue weighted by atomic mass is 16.4. The number of nitrogens with zero attached hydrogens (tertiary/aromatic N) is 2. The summed E-state index contributed by atoms with van der Waals surface area (Å²) in [5, 5.41) is 11.6. The van der Waals surface area contributed by atoms with Crippen molar-refractivity contribution in [1.29, 1.82) is 0 Å². The van der Waals surface area contributed by atoms with E-state index in [1.165, 1.54) is 6.42 Å². The molecule has 1 aromatic heterocycles. The first kappa shape index (κ1) is 11.6. The maximum Gasteiger partial charge on any atom is 0.186 e. The molecule has 4 heteroatoms. The van der Waals surface area contributed by atoms with Gasteiger partial charge in [0.25, 0.3) is 0 Å². The molecule has 0 spiro atoms. The van der Waals surface area contributed by atoms with Gasteiger partial charge in [-0.25, -0.2) is 0 Å². The average molecular weight is 209 g/mol. The summed E-state index contributed by atoms with van der Waals surface area (Å²) < 4.78 is 2.01. The largest absolute Gasteiger partial charge is 0.409 e. The lowest BCUT2D eigenvalue weighted by molar-refractivity contribution is 0.318. The van der Waals surface area contributed by atoms with Crippen molar-refractivity contribution in [3.05, 3.63) is 24.0 Å². The van der Waals surface area contributed by atoms with Gasteiger partial charge < -0.3 is 15.5 Å². The lowest BCUT2D eigenvalue weighted by atomic mass is 10.1. The Hall–Kier alpha value is -1.45. The molecule has 1 heterocycles. The molecule has 0 aliphatic rings. The van der Waals surface area contributed by atoms with Gasteiger partial charge in [0, 0.05) is 12.7 Å². The van der Waals surface area contributed by atoms with Gasteiger partial charge in [0.15, 0.2) is 5.84 Å². The van der Waals surface area contributed by atoms with E-state index in [1.54, 1.807) is 0 Å². The third-order valence-corrected chi connectivity index (χ3v) is 2.38. The van der Waals surface area contributed by atoms with Crippen LogP contribution in [0, 0.1) is 5.92 Å². The maximum absolute atomic E-state index is 8.59. The van der Waals surface area contributed by atoms with Gasteiger partial charge in [-0.2, -0.15) is 0 Å². The smallest absolute Gasteiger partial charge is 0.186 e. The fraction of sp³-hybridized carbons (Fsp3) is 0.545. The van der Waals surface area contributed by atoms with Crippen molar-refractivity contribution in [1.82, 2.24) is 4.57 Å². The molecule has 0 unspecified atom stereocenters. The predicted octanol–water partition coefficient (Wildman–Crippen LogP) is 2.02. The lowest BCUT2D eigenvalue weighted by Crippen LogP contribution is -2.18. The number of oxime groups is 1. The van der Waals surface area contributed by atoms with Gasteiger partial charge in [-0.15, -0.1) is 0 Å². The number of amidine groups is 1. The summed E-state index contributed by atoms with van der Waals surface area (Å²) in [7, 11) is 0. The Kier molecular flexibility index (Phi) is 4.21. The molecule has 4 nitrogen and oxygen atoms in total. The third-order valence-electron chi connectivity index (χ3n) is 2.38. The van der Waals surface area contributed by atoms with Crippen LogP contribution < -0.4 is 5.73 Å². The van der Waals surface area contributed by atoms with Crippen LogP contribution in [0.25, 0.3) is 0 Å². The molecule has 0 saturated heterocycles. The minimum atomic E-state index is 0.171. The van der Waals surface area contributed by atoms with E-state index < -0.39 is 0 Å². The molecule has 0 aliphatic heterocycles. The van der Waals surface area contributed by atoms with Crippen LogP contribution in [-0.4, -0.2) is 15.6 Å². The van der Waals surface area contributed by atoms with Gasteiger partial charge in [-0.05, 0) is 30.9 Å². The number of aryl methyl sites for hydroxylation is 1. The summed E-state index contributed by atoms with van der Waals surface area (Å²) in [4.78, 5) is 0. The SMILES string of the molecule is CC(C)CCCn1cccc1/C(N)=N/O. The van der Waals surface area contributed by atoms with Crippen LogP contribution in [0.4, 0.5) is 0 Å². The van der Waals surface area contributed by atoms with Crippen LogP contribution in [-0.2, 0) is 6.54 Å². The molecule has 84 valence electrons. The highest BCUT2D eigenvalue weighted by Crippen LogP contribution is 2.08. The molecule has 0 atom stereocenters. The fourth-order valence-electron chi connectivity index (χ4n) is 1.56. The first-order chi connectivity index (χ1) is 7.15. The van der Waals surface area contributed by atoms with E-state index >= 15 is 0 Å². The van der Waals surface area contributed by atoms with Gasteiger partial charge in [0.2, 0.25) is 0 Å². The van der Waals surface area contributed by atoms with E-state index in [2.05, 4.69) is 19.0 Å². The number of aromatic nitrogens is 1. The molecule has 15 heavy (non-hydrogen) atoms. The van der Waals surface area contributed by atoms with Crippen LogP contribution >= 0.6 is 0 Å². The summed E-state index contributed by atoms with van der Waals surface area (Å²) in [5.41, 5.74) is 6.33. The number of nitrogens with two attached hydrogens (primary N) is 1. The van der Waals surface area contributed by atoms with Crippen molar-refractivity contribution in [3.8, 4) is 0 Å². The second-order valence-electron chi connectivity index (χ2n) is 4.11. The molecular weight excluding hydrogens is 190 g/mol. The minimum Gasteiger partial charge on any atom is -0.409 e. The van der Waals surface area contributed by atoms with Crippen molar-refractivity contribution < 1.29 is 5.21 Å². The molecule has 0 bridgehead atoms. The summed E-state index contributed by atoms with van der Waals surface area (Å²) in [6.45, 7) is 5.33. The standard InChI is InChI=1S/C11H19N3O/c1-9(2)5-3-7-14-8-4-6-10(14)11(12)13-15/h4,6,8-9,15H,3,5,7H2,1-2H3,(H2,12,13). The molecule has 0 saturated carbocycles. The summed E-state index contributed by atoms with van der Waals surface area (Å²) in [6, 6.07) is 3.76. The van der Waals surface area contributed by atoms with Gasteiger partial charge in [-0.1, -0.05) is 19.0 Å². The van der Waals surface area contributed by atoms with Crippen LogP contribution in [0.15, 0.2) is 23.5 Å². The Bertz CT molecular complexity index is 328. The highest BCUT2D eigenvalue weighted by molar-refractivity contribution is 5.95. The van der Waals surface area contributed by atoms with Crippen LogP contribution in [0.2, 0.25) is 0 Å². The van der Waals surface area contributed by atoms with E-state index in [0.717, 1.165) is 18.7 Å². The van der Waals surface area contributed by atoms with E-state index in [-0.39, 0.29) is 5.84 Å². The average Bonchev–Trinajstić information content (AvgIpc) is 2.64. The molecule has 0 fully saturated rings. The zero-order valence-electron chi connectivity index (χ0n) is 9.35. The first-order valence-corrected chi connectivity index (χ1v) is 5.28. The summed E-state index contributed by atoms with van der Waals surface area (Å²) >= 11 is 0. The van der Waals surface area contributed by atoms with Gasteiger partial charge in [0.1, 0.15) is 0 Å². The zero-order valence-corrected chi connectivity index (χ0v) is 9.35. The minimum absolute atomic E-state index is 0.171. The molecular formula is C11H19N3O. The second kappa shape index (κ2) is 5.44. The number of hydrogen-bond acceptors (Lipinski definition) is 2. The molecule has 1 rings (SSSR count). The zero-order chi connectivity index (χ0) is 11.3. The Labute approximate surface area is 90.4 Å². The molecule has 0 aliphatic carbocycles. The van der Waals surface area contributed by atoms with Crippen LogP contribution in [0.5, 0.6) is 0 Å². The Morgan fingerprint density at radius 2 is 2.33 bits per heavy atom. The third kappa shape index (κ3) is 3.31. The van der Waals surface area contributed by atoms with Crippen molar-refractivity contribution >= 4 is 5.84 Å².